The minimum atomic E-state index is 0.114. The molecule has 0 spiro atoms. The first-order chi connectivity index (χ1) is 15.7. The van der Waals surface area contributed by atoms with Crippen molar-refractivity contribution in [2.24, 2.45) is 0 Å². The molecule has 9 heteroatoms. The number of aromatic nitrogens is 4. The average Bonchev–Trinajstić information content (AvgIpc) is 3.26. The van der Waals surface area contributed by atoms with Crippen molar-refractivity contribution in [2.45, 2.75) is 5.16 Å². The fraction of sp³-hybridized carbons (Fsp3) is 0.217. The number of benzene rings is 2. The topological polar surface area (TPSA) is 66.6 Å². The first-order valence-corrected chi connectivity index (χ1v) is 12.1. The number of amides is 1. The van der Waals surface area contributed by atoms with E-state index in [2.05, 4.69) is 43.2 Å². The number of rotatable bonds is 5. The van der Waals surface area contributed by atoms with E-state index in [9.17, 15) is 4.79 Å². The van der Waals surface area contributed by atoms with Crippen molar-refractivity contribution >= 4 is 44.9 Å². The van der Waals surface area contributed by atoms with Gasteiger partial charge >= 0.3 is 0 Å². The van der Waals surface area contributed by atoms with E-state index in [1.807, 2.05) is 59.5 Å². The van der Waals surface area contributed by atoms with E-state index < -0.39 is 0 Å². The number of nitrogens with zero attached hydrogens (tertiary/aromatic N) is 6. The van der Waals surface area contributed by atoms with Crippen LogP contribution in [0.3, 0.4) is 0 Å². The van der Waals surface area contributed by atoms with Gasteiger partial charge in [-0.25, -0.2) is 0 Å². The molecular formula is C23H21BrN6OS. The molecule has 0 unspecified atom stereocenters. The van der Waals surface area contributed by atoms with Crippen molar-refractivity contribution in [1.29, 1.82) is 0 Å². The Morgan fingerprint density at radius 2 is 1.66 bits per heavy atom. The molecule has 0 saturated carbocycles. The van der Waals surface area contributed by atoms with Crippen LogP contribution in [-0.2, 0) is 4.79 Å². The van der Waals surface area contributed by atoms with Crippen LogP contribution in [0.5, 0.6) is 0 Å². The standard InChI is InChI=1S/C23H21BrN6OS/c24-18-8-6-17(7-9-18)20-10-11-21-25-26-23(30(21)27-20)32-16-22(31)29-14-12-28(13-15-29)19-4-2-1-3-5-19/h1-11H,12-16H2. The van der Waals surface area contributed by atoms with Crippen molar-refractivity contribution in [3.63, 3.8) is 0 Å². The van der Waals surface area contributed by atoms with Crippen molar-refractivity contribution < 1.29 is 4.79 Å². The lowest BCUT2D eigenvalue weighted by molar-refractivity contribution is -0.128. The Morgan fingerprint density at radius 3 is 2.41 bits per heavy atom. The van der Waals surface area contributed by atoms with Gasteiger partial charge in [-0.1, -0.05) is 58.0 Å². The number of carbonyl (C=O) groups excluding carboxylic acids is 1. The van der Waals surface area contributed by atoms with Gasteiger partial charge in [-0.2, -0.15) is 9.61 Å². The first-order valence-electron chi connectivity index (χ1n) is 10.4. The SMILES string of the molecule is O=C(CSc1nnc2ccc(-c3ccc(Br)cc3)nn12)N1CCN(c2ccccc2)CC1. The number of anilines is 1. The molecule has 0 radical (unpaired) electrons. The number of para-hydroxylation sites is 1. The molecule has 2 aromatic heterocycles. The predicted molar refractivity (Wildman–Crippen MR) is 130 cm³/mol. The normalized spacial score (nSPS) is 14.2. The first kappa shape index (κ1) is 21.0. The summed E-state index contributed by atoms with van der Waals surface area (Å²) in [5, 5.41) is 13.7. The summed E-state index contributed by atoms with van der Waals surface area (Å²) in [6.07, 6.45) is 0. The summed E-state index contributed by atoms with van der Waals surface area (Å²) in [4.78, 5) is 17.0. The highest BCUT2D eigenvalue weighted by atomic mass is 79.9. The predicted octanol–water partition coefficient (Wildman–Crippen LogP) is 3.99. The number of hydrogen-bond acceptors (Lipinski definition) is 6. The summed E-state index contributed by atoms with van der Waals surface area (Å²) in [7, 11) is 0. The van der Waals surface area contributed by atoms with E-state index in [4.69, 9.17) is 5.10 Å². The summed E-state index contributed by atoms with van der Waals surface area (Å²) in [5.41, 5.74) is 3.70. The molecule has 7 nitrogen and oxygen atoms in total. The Balaban J connectivity index is 1.23. The van der Waals surface area contributed by atoms with Gasteiger partial charge in [-0.3, -0.25) is 4.79 Å². The van der Waals surface area contributed by atoms with Crippen LogP contribution in [0.4, 0.5) is 5.69 Å². The minimum Gasteiger partial charge on any atom is -0.368 e. The second-order valence-corrected chi connectivity index (χ2v) is 9.33. The molecule has 1 amide bonds. The van der Waals surface area contributed by atoms with Crippen molar-refractivity contribution in [3.8, 4) is 11.3 Å². The van der Waals surface area contributed by atoms with Gasteiger partial charge in [0.1, 0.15) is 0 Å². The average molecular weight is 509 g/mol. The lowest BCUT2D eigenvalue weighted by Gasteiger charge is -2.36. The second kappa shape index (κ2) is 9.30. The highest BCUT2D eigenvalue weighted by Gasteiger charge is 2.22. The maximum absolute atomic E-state index is 12.8. The molecule has 0 atom stereocenters. The van der Waals surface area contributed by atoms with Crippen molar-refractivity contribution in [3.05, 3.63) is 71.2 Å². The highest BCUT2D eigenvalue weighted by Crippen LogP contribution is 2.23. The molecule has 1 aliphatic rings. The maximum atomic E-state index is 12.8. The van der Waals surface area contributed by atoms with Crippen LogP contribution in [0.15, 0.2) is 76.4 Å². The third-order valence-electron chi connectivity index (χ3n) is 5.45. The summed E-state index contributed by atoms with van der Waals surface area (Å²) < 4.78 is 2.73. The van der Waals surface area contributed by atoms with Crippen LogP contribution in [0.2, 0.25) is 0 Å². The van der Waals surface area contributed by atoms with Gasteiger partial charge in [0.2, 0.25) is 11.1 Å². The molecule has 0 bridgehead atoms. The Bertz CT molecular complexity index is 1220. The van der Waals surface area contributed by atoms with E-state index in [-0.39, 0.29) is 5.91 Å². The van der Waals surface area contributed by atoms with Crippen LogP contribution < -0.4 is 4.90 Å². The molecule has 3 heterocycles. The van der Waals surface area contributed by atoms with E-state index in [1.165, 1.54) is 17.4 Å². The van der Waals surface area contributed by atoms with Gasteiger partial charge in [0.15, 0.2) is 5.65 Å². The Hall–Kier alpha value is -2.91. The summed E-state index contributed by atoms with van der Waals surface area (Å²) in [6, 6.07) is 22.1. The molecule has 1 aliphatic heterocycles. The van der Waals surface area contributed by atoms with Crippen LogP contribution in [-0.4, -0.2) is 62.6 Å². The molecule has 2 aromatic carbocycles. The van der Waals surface area contributed by atoms with E-state index in [0.717, 1.165) is 41.9 Å². The van der Waals surface area contributed by atoms with Crippen LogP contribution in [0.1, 0.15) is 0 Å². The molecular weight excluding hydrogens is 488 g/mol. The molecule has 1 saturated heterocycles. The monoisotopic (exact) mass is 508 g/mol. The molecule has 1 fully saturated rings. The van der Waals surface area contributed by atoms with Crippen LogP contribution >= 0.6 is 27.7 Å². The van der Waals surface area contributed by atoms with Crippen molar-refractivity contribution in [2.75, 3.05) is 36.8 Å². The van der Waals surface area contributed by atoms with Gasteiger partial charge in [-0.15, -0.1) is 10.2 Å². The molecule has 0 aliphatic carbocycles. The van der Waals surface area contributed by atoms with E-state index in [0.29, 0.717) is 16.6 Å². The highest BCUT2D eigenvalue weighted by molar-refractivity contribution is 9.10. The van der Waals surface area contributed by atoms with Crippen LogP contribution in [0, 0.1) is 0 Å². The molecule has 5 rings (SSSR count). The van der Waals surface area contributed by atoms with E-state index >= 15 is 0 Å². The number of fused-ring (bicyclic) bond motifs is 1. The quantitative estimate of drug-likeness (QED) is 0.379. The smallest absolute Gasteiger partial charge is 0.233 e. The Labute approximate surface area is 198 Å². The van der Waals surface area contributed by atoms with Gasteiger partial charge in [0.05, 0.1) is 11.4 Å². The molecule has 162 valence electrons. The zero-order valence-corrected chi connectivity index (χ0v) is 19.7. The Kier molecular flexibility index (Phi) is 6.09. The number of hydrogen-bond donors (Lipinski definition) is 0. The molecule has 0 N–H and O–H groups in total. The van der Waals surface area contributed by atoms with Gasteiger partial charge in [-0.05, 0) is 36.4 Å². The number of thioether (sulfide) groups is 1. The third-order valence-corrected chi connectivity index (χ3v) is 6.89. The summed E-state index contributed by atoms with van der Waals surface area (Å²) in [6.45, 7) is 3.13. The molecule has 32 heavy (non-hydrogen) atoms. The zero-order chi connectivity index (χ0) is 21.9. The lowest BCUT2D eigenvalue weighted by Crippen LogP contribution is -2.49. The molecule has 4 aromatic rings. The number of carbonyl (C=O) groups is 1. The summed E-state index contributed by atoms with van der Waals surface area (Å²) >= 11 is 4.83. The zero-order valence-electron chi connectivity index (χ0n) is 17.3. The minimum absolute atomic E-state index is 0.114. The fourth-order valence-electron chi connectivity index (χ4n) is 3.70. The number of halogens is 1. The van der Waals surface area contributed by atoms with Gasteiger partial charge in [0, 0.05) is 41.9 Å². The third kappa shape index (κ3) is 4.49. The maximum Gasteiger partial charge on any atom is 0.233 e. The Morgan fingerprint density at radius 1 is 0.906 bits per heavy atom. The van der Waals surface area contributed by atoms with Gasteiger partial charge in [0.25, 0.3) is 0 Å². The fourth-order valence-corrected chi connectivity index (χ4v) is 4.76. The number of piperazine rings is 1. The van der Waals surface area contributed by atoms with Crippen LogP contribution in [0.25, 0.3) is 16.9 Å². The van der Waals surface area contributed by atoms with Gasteiger partial charge < -0.3 is 9.80 Å². The second-order valence-electron chi connectivity index (χ2n) is 7.47. The summed E-state index contributed by atoms with van der Waals surface area (Å²) in [5.74, 6) is 0.430. The largest absolute Gasteiger partial charge is 0.368 e. The lowest BCUT2D eigenvalue weighted by atomic mass is 10.1. The van der Waals surface area contributed by atoms with E-state index in [1.54, 1.807) is 4.52 Å². The van der Waals surface area contributed by atoms with Crippen molar-refractivity contribution in [1.82, 2.24) is 24.7 Å².